The summed E-state index contributed by atoms with van der Waals surface area (Å²) in [5.74, 6) is -0.960. The van der Waals surface area contributed by atoms with E-state index in [0.717, 1.165) is 19.0 Å². The van der Waals surface area contributed by atoms with Crippen LogP contribution in [0.1, 0.15) is 6.42 Å². The smallest absolute Gasteiger partial charge is 0.168 e. The van der Waals surface area contributed by atoms with Gasteiger partial charge in [-0.3, -0.25) is 0 Å². The number of rotatable bonds is 3. The lowest BCUT2D eigenvalue weighted by Crippen LogP contribution is -2.32. The fraction of sp³-hybridized carbons (Fsp3) is 0.583. The third kappa shape index (κ3) is 2.38. The second kappa shape index (κ2) is 5.06. The maximum atomic E-state index is 13.8. The van der Waals surface area contributed by atoms with Gasteiger partial charge in [-0.05, 0) is 20.5 Å². The van der Waals surface area contributed by atoms with Crippen LogP contribution in [0, 0.1) is 11.6 Å². The minimum Gasteiger partial charge on any atom is -0.371 e. The molecule has 1 atom stereocenters. The average molecular weight is 256 g/mol. The van der Waals surface area contributed by atoms with Crippen LogP contribution in [-0.2, 0) is 0 Å². The summed E-state index contributed by atoms with van der Waals surface area (Å²) in [7, 11) is 5.57. The number of nitrogens with zero attached hydrogens (tertiary/aromatic N) is 3. The van der Waals surface area contributed by atoms with Gasteiger partial charge in [-0.25, -0.2) is 13.8 Å². The topological polar surface area (TPSA) is 31.4 Å². The first-order chi connectivity index (χ1) is 8.52. The Bertz CT molecular complexity index is 436. The van der Waals surface area contributed by atoms with Crippen molar-refractivity contribution in [1.82, 2.24) is 9.88 Å². The van der Waals surface area contributed by atoms with Crippen LogP contribution in [0.15, 0.2) is 6.07 Å². The van der Waals surface area contributed by atoms with Gasteiger partial charge in [0.15, 0.2) is 23.3 Å². The summed E-state index contributed by atoms with van der Waals surface area (Å²) in [6.07, 6.45) is 0.959. The molecule has 0 radical (unpaired) electrons. The number of pyridine rings is 1. The molecule has 0 aliphatic carbocycles. The Labute approximate surface area is 106 Å². The van der Waals surface area contributed by atoms with Crippen molar-refractivity contribution in [2.75, 3.05) is 44.4 Å². The van der Waals surface area contributed by atoms with Gasteiger partial charge >= 0.3 is 0 Å². The number of aromatic nitrogens is 1. The van der Waals surface area contributed by atoms with Gasteiger partial charge in [-0.1, -0.05) is 0 Å². The molecule has 1 saturated heterocycles. The van der Waals surface area contributed by atoms with Gasteiger partial charge in [-0.2, -0.15) is 0 Å². The van der Waals surface area contributed by atoms with Gasteiger partial charge in [0.1, 0.15) is 0 Å². The minimum atomic E-state index is -0.665. The first-order valence-electron chi connectivity index (χ1n) is 5.98. The summed E-state index contributed by atoms with van der Waals surface area (Å²) in [5, 5.41) is 2.63. The van der Waals surface area contributed by atoms with Crippen molar-refractivity contribution in [1.29, 1.82) is 0 Å². The average Bonchev–Trinajstić information content (AvgIpc) is 2.78. The predicted molar refractivity (Wildman–Crippen MR) is 68.0 cm³/mol. The summed E-state index contributed by atoms with van der Waals surface area (Å²) < 4.78 is 27.1. The Morgan fingerprint density at radius 1 is 1.39 bits per heavy atom. The zero-order chi connectivity index (χ0) is 13.3. The van der Waals surface area contributed by atoms with E-state index in [2.05, 4.69) is 15.2 Å². The number of hydrogen-bond acceptors (Lipinski definition) is 4. The molecule has 1 aliphatic rings. The lowest BCUT2D eigenvalue weighted by Gasteiger charge is -2.21. The SMILES string of the molecule is CNc1nc(N2CCC(N(C)C)C2)c(F)cc1F. The highest BCUT2D eigenvalue weighted by atomic mass is 19.1. The van der Waals surface area contributed by atoms with Gasteiger partial charge in [0.2, 0.25) is 0 Å². The number of halogens is 2. The second-order valence-electron chi connectivity index (χ2n) is 4.73. The van der Waals surface area contributed by atoms with Crippen molar-refractivity contribution < 1.29 is 8.78 Å². The molecule has 1 N–H and O–H groups in total. The van der Waals surface area contributed by atoms with Crippen LogP contribution in [-0.4, -0.2) is 50.2 Å². The van der Waals surface area contributed by atoms with E-state index in [1.807, 2.05) is 19.0 Å². The van der Waals surface area contributed by atoms with Crippen LogP contribution in [0.2, 0.25) is 0 Å². The Hall–Kier alpha value is -1.43. The maximum Gasteiger partial charge on any atom is 0.168 e. The van der Waals surface area contributed by atoms with Crippen molar-refractivity contribution in [3.8, 4) is 0 Å². The molecule has 0 saturated carbocycles. The monoisotopic (exact) mass is 256 g/mol. The zero-order valence-electron chi connectivity index (χ0n) is 10.9. The van der Waals surface area contributed by atoms with Gasteiger partial charge < -0.3 is 15.1 Å². The zero-order valence-corrected chi connectivity index (χ0v) is 10.9. The van der Waals surface area contributed by atoms with Gasteiger partial charge in [0, 0.05) is 32.2 Å². The van der Waals surface area contributed by atoms with E-state index in [1.165, 1.54) is 0 Å². The molecule has 4 nitrogen and oxygen atoms in total. The van der Waals surface area contributed by atoms with E-state index in [1.54, 1.807) is 7.05 Å². The molecular formula is C12H18F2N4. The van der Waals surface area contributed by atoms with Crippen LogP contribution in [0.4, 0.5) is 20.4 Å². The Morgan fingerprint density at radius 3 is 2.67 bits per heavy atom. The number of nitrogens with one attached hydrogen (secondary N) is 1. The minimum absolute atomic E-state index is 0.0831. The van der Waals surface area contributed by atoms with Crippen LogP contribution < -0.4 is 10.2 Å². The molecule has 1 unspecified atom stereocenters. The quantitative estimate of drug-likeness (QED) is 0.889. The van der Waals surface area contributed by atoms with Gasteiger partial charge in [0.05, 0.1) is 0 Å². The molecule has 0 amide bonds. The molecule has 1 fully saturated rings. The summed E-state index contributed by atoms with van der Waals surface area (Å²) in [5.41, 5.74) is 0. The molecule has 0 aromatic carbocycles. The van der Waals surface area contributed by atoms with E-state index in [-0.39, 0.29) is 11.6 Å². The fourth-order valence-electron chi connectivity index (χ4n) is 2.21. The first kappa shape index (κ1) is 13.0. The third-order valence-electron chi connectivity index (χ3n) is 3.34. The molecule has 2 heterocycles. The normalized spacial score (nSPS) is 19.7. The Morgan fingerprint density at radius 2 is 2.11 bits per heavy atom. The first-order valence-corrected chi connectivity index (χ1v) is 5.98. The molecule has 1 aliphatic heterocycles. The van der Waals surface area contributed by atoms with E-state index >= 15 is 0 Å². The molecule has 6 heteroatoms. The molecule has 1 aromatic heterocycles. The van der Waals surface area contributed by atoms with Crippen LogP contribution in [0.5, 0.6) is 0 Å². The number of hydrogen-bond donors (Lipinski definition) is 1. The molecule has 2 rings (SSSR count). The molecular weight excluding hydrogens is 238 g/mol. The van der Waals surface area contributed by atoms with Crippen molar-refractivity contribution in [3.63, 3.8) is 0 Å². The van der Waals surface area contributed by atoms with E-state index in [0.29, 0.717) is 12.6 Å². The maximum absolute atomic E-state index is 13.8. The molecule has 1 aromatic rings. The van der Waals surface area contributed by atoms with Crippen molar-refractivity contribution in [2.24, 2.45) is 0 Å². The van der Waals surface area contributed by atoms with E-state index in [9.17, 15) is 8.78 Å². The van der Waals surface area contributed by atoms with Crippen LogP contribution in [0.3, 0.4) is 0 Å². The van der Waals surface area contributed by atoms with E-state index in [4.69, 9.17) is 0 Å². The highest BCUT2D eigenvalue weighted by Gasteiger charge is 2.27. The predicted octanol–water partition coefficient (Wildman–Crippen LogP) is 1.54. The fourth-order valence-corrected chi connectivity index (χ4v) is 2.21. The molecule has 18 heavy (non-hydrogen) atoms. The Kier molecular flexibility index (Phi) is 3.65. The number of anilines is 2. The largest absolute Gasteiger partial charge is 0.371 e. The van der Waals surface area contributed by atoms with Gasteiger partial charge in [-0.15, -0.1) is 0 Å². The lowest BCUT2D eigenvalue weighted by molar-refractivity contribution is 0.315. The van der Waals surface area contributed by atoms with Crippen molar-refractivity contribution in [3.05, 3.63) is 17.7 Å². The standard InChI is InChI=1S/C12H18F2N4/c1-15-11-9(13)6-10(14)12(16-11)18-5-4-8(7-18)17(2)3/h6,8H,4-5,7H2,1-3H3,(H,15,16). The van der Waals surface area contributed by atoms with Crippen LogP contribution >= 0.6 is 0 Å². The third-order valence-corrected chi connectivity index (χ3v) is 3.34. The van der Waals surface area contributed by atoms with Gasteiger partial charge in [0.25, 0.3) is 0 Å². The Balaban J connectivity index is 2.24. The molecule has 100 valence electrons. The molecule has 0 spiro atoms. The van der Waals surface area contributed by atoms with Crippen LogP contribution in [0.25, 0.3) is 0 Å². The summed E-state index contributed by atoms with van der Waals surface area (Å²) in [4.78, 5) is 7.99. The van der Waals surface area contributed by atoms with Crippen molar-refractivity contribution >= 4 is 11.6 Å². The summed E-state index contributed by atoms with van der Waals surface area (Å²) in [6.45, 7) is 1.45. The molecule has 0 bridgehead atoms. The number of likely N-dealkylation sites (N-methyl/N-ethyl adjacent to an activating group) is 1. The summed E-state index contributed by atoms with van der Waals surface area (Å²) >= 11 is 0. The van der Waals surface area contributed by atoms with E-state index < -0.39 is 11.6 Å². The highest BCUT2D eigenvalue weighted by molar-refractivity contribution is 5.49. The second-order valence-corrected chi connectivity index (χ2v) is 4.73. The highest BCUT2D eigenvalue weighted by Crippen LogP contribution is 2.26. The van der Waals surface area contributed by atoms with Crippen molar-refractivity contribution in [2.45, 2.75) is 12.5 Å². The lowest BCUT2D eigenvalue weighted by atomic mass is 10.2. The summed E-state index contributed by atoms with van der Waals surface area (Å²) in [6, 6.07) is 1.27.